The number of carbonyl (C=O) groups excluding carboxylic acids is 1. The second-order valence-corrected chi connectivity index (χ2v) is 4.88. The molecule has 1 aromatic carbocycles. The van der Waals surface area contributed by atoms with Crippen LogP contribution in [0, 0.1) is 0 Å². The van der Waals surface area contributed by atoms with Crippen molar-refractivity contribution in [1.82, 2.24) is 15.5 Å². The van der Waals surface area contributed by atoms with Crippen LogP contribution < -0.4 is 5.32 Å². The Morgan fingerprint density at radius 2 is 2.09 bits per heavy atom. The molecule has 1 N–H and O–H groups in total. The number of rotatable bonds is 5. The molecule has 22 heavy (non-hydrogen) atoms. The Labute approximate surface area is 131 Å². The number of amides is 1. The summed E-state index contributed by atoms with van der Waals surface area (Å²) in [5.41, 5.74) is 0.707. The van der Waals surface area contributed by atoms with Crippen molar-refractivity contribution in [1.29, 1.82) is 0 Å². The molecule has 112 valence electrons. The quantitative estimate of drug-likeness (QED) is 0.782. The number of aromatic nitrogens is 2. The van der Waals surface area contributed by atoms with Gasteiger partial charge in [0.05, 0.1) is 11.3 Å². The molecule has 0 aliphatic carbocycles. The Morgan fingerprint density at radius 3 is 2.86 bits per heavy atom. The molecule has 0 fully saturated rings. The summed E-state index contributed by atoms with van der Waals surface area (Å²) in [5, 5.41) is 7.16. The zero-order valence-electron chi connectivity index (χ0n) is 11.5. The number of carbonyl (C=O) groups is 1. The van der Waals surface area contributed by atoms with Crippen molar-refractivity contribution in [3.63, 3.8) is 0 Å². The first-order valence-corrected chi connectivity index (χ1v) is 7.01. The third kappa shape index (κ3) is 3.17. The predicted octanol–water partition coefficient (Wildman–Crippen LogP) is 2.96. The van der Waals surface area contributed by atoms with Gasteiger partial charge in [-0.3, -0.25) is 4.79 Å². The molecule has 2 heterocycles. The molecule has 0 bridgehead atoms. The molecule has 0 atom stereocenters. The molecule has 0 unspecified atom stereocenters. The molecule has 0 saturated heterocycles. The van der Waals surface area contributed by atoms with Crippen molar-refractivity contribution in [3.8, 4) is 11.4 Å². The van der Waals surface area contributed by atoms with E-state index in [1.807, 2.05) is 18.2 Å². The van der Waals surface area contributed by atoms with E-state index in [9.17, 15) is 4.79 Å². The van der Waals surface area contributed by atoms with Gasteiger partial charge in [-0.1, -0.05) is 28.9 Å². The number of benzene rings is 1. The first-order valence-electron chi connectivity index (χ1n) is 6.63. The van der Waals surface area contributed by atoms with Crippen LogP contribution in [0.25, 0.3) is 11.4 Å². The van der Waals surface area contributed by atoms with E-state index >= 15 is 0 Å². The van der Waals surface area contributed by atoms with Crippen LogP contribution in [0.15, 0.2) is 51.6 Å². The van der Waals surface area contributed by atoms with Gasteiger partial charge in [0.2, 0.25) is 11.7 Å². The molecule has 1 amide bonds. The average molecular weight is 318 g/mol. The Bertz CT molecular complexity index is 768. The highest BCUT2D eigenvalue weighted by atomic mass is 35.5. The Kier molecular flexibility index (Phi) is 4.20. The number of hydrogen-bond acceptors (Lipinski definition) is 5. The maximum Gasteiger partial charge on any atom is 0.286 e. The van der Waals surface area contributed by atoms with Crippen molar-refractivity contribution in [2.24, 2.45) is 0 Å². The molecule has 0 saturated carbocycles. The van der Waals surface area contributed by atoms with Gasteiger partial charge in [-0.15, -0.1) is 0 Å². The normalized spacial score (nSPS) is 10.6. The maximum absolute atomic E-state index is 11.7. The minimum atomic E-state index is -0.282. The summed E-state index contributed by atoms with van der Waals surface area (Å²) in [6.45, 7) is 0.365. The molecule has 3 rings (SSSR count). The van der Waals surface area contributed by atoms with Crippen LogP contribution in [0.3, 0.4) is 0 Å². The Morgan fingerprint density at radius 1 is 1.23 bits per heavy atom. The highest BCUT2D eigenvalue weighted by molar-refractivity contribution is 6.33. The van der Waals surface area contributed by atoms with Gasteiger partial charge < -0.3 is 14.3 Å². The largest absolute Gasteiger partial charge is 0.459 e. The lowest BCUT2D eigenvalue weighted by atomic mass is 10.2. The van der Waals surface area contributed by atoms with Crippen LogP contribution in [-0.2, 0) is 6.42 Å². The molecule has 7 heteroatoms. The summed E-state index contributed by atoms with van der Waals surface area (Å²) in [4.78, 5) is 15.9. The van der Waals surface area contributed by atoms with Crippen molar-refractivity contribution in [2.75, 3.05) is 6.54 Å². The van der Waals surface area contributed by atoms with E-state index in [4.69, 9.17) is 20.5 Å². The number of halogens is 1. The lowest BCUT2D eigenvalue weighted by Gasteiger charge is -1.99. The monoisotopic (exact) mass is 317 g/mol. The van der Waals surface area contributed by atoms with Crippen LogP contribution in [0.5, 0.6) is 0 Å². The molecule has 3 aromatic rings. The van der Waals surface area contributed by atoms with Crippen molar-refractivity contribution < 1.29 is 13.7 Å². The lowest BCUT2D eigenvalue weighted by molar-refractivity contribution is 0.0925. The highest BCUT2D eigenvalue weighted by Crippen LogP contribution is 2.24. The van der Waals surface area contributed by atoms with Gasteiger partial charge in [0, 0.05) is 18.5 Å². The summed E-state index contributed by atoms with van der Waals surface area (Å²) in [5.74, 6) is 0.839. The van der Waals surface area contributed by atoms with Gasteiger partial charge in [-0.25, -0.2) is 0 Å². The zero-order chi connectivity index (χ0) is 15.4. The summed E-state index contributed by atoms with van der Waals surface area (Å²) in [6, 6.07) is 10.5. The molecular formula is C15H12ClN3O3. The first-order chi connectivity index (χ1) is 10.7. The minimum Gasteiger partial charge on any atom is -0.459 e. The molecule has 0 radical (unpaired) electrons. The zero-order valence-corrected chi connectivity index (χ0v) is 12.2. The van der Waals surface area contributed by atoms with Gasteiger partial charge in [0.1, 0.15) is 0 Å². The van der Waals surface area contributed by atoms with Crippen molar-refractivity contribution in [3.05, 3.63) is 59.3 Å². The predicted molar refractivity (Wildman–Crippen MR) is 79.5 cm³/mol. The Hall–Kier alpha value is -2.60. The van der Waals surface area contributed by atoms with E-state index in [1.54, 1.807) is 18.2 Å². The first kappa shape index (κ1) is 14.3. The van der Waals surface area contributed by atoms with Crippen LogP contribution >= 0.6 is 11.6 Å². The number of nitrogens with one attached hydrogen (secondary N) is 1. The van der Waals surface area contributed by atoms with Crippen molar-refractivity contribution in [2.45, 2.75) is 6.42 Å². The topological polar surface area (TPSA) is 81.2 Å². The van der Waals surface area contributed by atoms with Crippen LogP contribution in [0.1, 0.15) is 16.4 Å². The van der Waals surface area contributed by atoms with E-state index in [-0.39, 0.29) is 11.7 Å². The number of hydrogen-bond donors (Lipinski definition) is 1. The van der Waals surface area contributed by atoms with Crippen LogP contribution in [0.4, 0.5) is 0 Å². The van der Waals surface area contributed by atoms with Gasteiger partial charge in [0.15, 0.2) is 5.76 Å². The molecule has 0 aliphatic heterocycles. The highest BCUT2D eigenvalue weighted by Gasteiger charge is 2.12. The smallest absolute Gasteiger partial charge is 0.286 e. The Balaban J connectivity index is 1.58. The van der Waals surface area contributed by atoms with Gasteiger partial charge in [-0.05, 0) is 24.3 Å². The van der Waals surface area contributed by atoms with E-state index in [2.05, 4.69) is 15.5 Å². The van der Waals surface area contributed by atoms with Crippen LogP contribution in [-0.4, -0.2) is 22.6 Å². The lowest BCUT2D eigenvalue weighted by Crippen LogP contribution is -2.25. The molecular weight excluding hydrogens is 306 g/mol. The second kappa shape index (κ2) is 6.44. The fourth-order valence-corrected chi connectivity index (χ4v) is 2.11. The molecule has 2 aromatic heterocycles. The summed E-state index contributed by atoms with van der Waals surface area (Å²) < 4.78 is 10.1. The van der Waals surface area contributed by atoms with E-state index in [0.29, 0.717) is 35.3 Å². The van der Waals surface area contributed by atoms with Crippen molar-refractivity contribution >= 4 is 17.5 Å². The van der Waals surface area contributed by atoms with Crippen LogP contribution in [0.2, 0.25) is 5.02 Å². The van der Waals surface area contributed by atoms with Gasteiger partial charge >= 0.3 is 0 Å². The SMILES string of the molecule is O=C(NCCc1nc(-c2ccccc2Cl)no1)c1ccco1. The van der Waals surface area contributed by atoms with E-state index in [0.717, 1.165) is 0 Å². The third-order valence-electron chi connectivity index (χ3n) is 2.95. The maximum atomic E-state index is 11.7. The minimum absolute atomic E-state index is 0.266. The molecule has 0 spiro atoms. The molecule has 0 aliphatic rings. The fourth-order valence-electron chi connectivity index (χ4n) is 1.89. The number of furan rings is 1. The standard InChI is InChI=1S/C15H12ClN3O3/c16-11-5-2-1-4-10(11)14-18-13(22-19-14)7-8-17-15(20)12-6-3-9-21-12/h1-6,9H,7-8H2,(H,17,20). The van der Waals surface area contributed by atoms with Gasteiger partial charge in [-0.2, -0.15) is 4.98 Å². The van der Waals surface area contributed by atoms with E-state index < -0.39 is 0 Å². The van der Waals surface area contributed by atoms with Gasteiger partial charge in [0.25, 0.3) is 5.91 Å². The fraction of sp³-hybridized carbons (Fsp3) is 0.133. The third-order valence-corrected chi connectivity index (χ3v) is 3.28. The summed E-state index contributed by atoms with van der Waals surface area (Å²) >= 11 is 6.08. The average Bonchev–Trinajstić information content (AvgIpc) is 3.19. The molecule has 6 nitrogen and oxygen atoms in total. The summed E-state index contributed by atoms with van der Waals surface area (Å²) in [7, 11) is 0. The number of nitrogens with zero attached hydrogens (tertiary/aromatic N) is 2. The summed E-state index contributed by atoms with van der Waals surface area (Å²) in [6.07, 6.45) is 1.87. The second-order valence-electron chi connectivity index (χ2n) is 4.47. The van der Waals surface area contributed by atoms with E-state index in [1.165, 1.54) is 6.26 Å².